The zero-order chi connectivity index (χ0) is 11.4. The standard InChI is InChI=1S/C13H18FNO/c14-13-4-3-11(9-16)7-12(13)6-10-2-1-5-15-8-10/h3-4,7,10,15-16H,1-2,5-6,8-9H2. The van der Waals surface area contributed by atoms with Crippen molar-refractivity contribution in [1.29, 1.82) is 0 Å². The topological polar surface area (TPSA) is 32.3 Å². The van der Waals surface area contributed by atoms with Crippen LogP contribution in [-0.2, 0) is 13.0 Å². The van der Waals surface area contributed by atoms with E-state index in [1.165, 1.54) is 12.5 Å². The monoisotopic (exact) mass is 223 g/mol. The molecule has 88 valence electrons. The average Bonchev–Trinajstić information content (AvgIpc) is 2.33. The Balaban J connectivity index is 2.06. The van der Waals surface area contributed by atoms with Crippen molar-refractivity contribution in [3.8, 4) is 0 Å². The molecule has 1 unspecified atom stereocenters. The fourth-order valence-corrected chi connectivity index (χ4v) is 2.29. The van der Waals surface area contributed by atoms with E-state index < -0.39 is 0 Å². The summed E-state index contributed by atoms with van der Waals surface area (Å²) in [4.78, 5) is 0. The lowest BCUT2D eigenvalue weighted by Crippen LogP contribution is -2.31. The molecule has 1 aliphatic heterocycles. The second kappa shape index (κ2) is 5.41. The number of hydrogen-bond donors (Lipinski definition) is 2. The molecule has 0 aromatic heterocycles. The number of aliphatic hydroxyl groups excluding tert-OH is 1. The molecule has 1 saturated heterocycles. The number of benzene rings is 1. The highest BCUT2D eigenvalue weighted by atomic mass is 19.1. The maximum Gasteiger partial charge on any atom is 0.126 e. The van der Waals surface area contributed by atoms with Gasteiger partial charge in [-0.3, -0.25) is 0 Å². The third-order valence-electron chi connectivity index (χ3n) is 3.20. The molecule has 0 radical (unpaired) electrons. The van der Waals surface area contributed by atoms with Gasteiger partial charge in [0.1, 0.15) is 5.82 Å². The van der Waals surface area contributed by atoms with Gasteiger partial charge in [-0.1, -0.05) is 12.1 Å². The van der Waals surface area contributed by atoms with Crippen LogP contribution in [0.2, 0.25) is 0 Å². The lowest BCUT2D eigenvalue weighted by Gasteiger charge is -2.23. The molecule has 2 N–H and O–H groups in total. The van der Waals surface area contributed by atoms with Gasteiger partial charge in [0.25, 0.3) is 0 Å². The van der Waals surface area contributed by atoms with Crippen LogP contribution < -0.4 is 5.32 Å². The van der Waals surface area contributed by atoms with Gasteiger partial charge in [0, 0.05) is 0 Å². The van der Waals surface area contributed by atoms with E-state index in [0.717, 1.165) is 37.1 Å². The lowest BCUT2D eigenvalue weighted by atomic mass is 9.91. The molecule has 1 aliphatic rings. The maximum atomic E-state index is 13.6. The van der Waals surface area contributed by atoms with Crippen molar-refractivity contribution < 1.29 is 9.50 Å². The van der Waals surface area contributed by atoms with Crippen LogP contribution in [0.1, 0.15) is 24.0 Å². The molecule has 1 heterocycles. The average molecular weight is 223 g/mol. The van der Waals surface area contributed by atoms with E-state index in [-0.39, 0.29) is 12.4 Å². The quantitative estimate of drug-likeness (QED) is 0.819. The van der Waals surface area contributed by atoms with Crippen LogP contribution >= 0.6 is 0 Å². The SMILES string of the molecule is OCc1ccc(F)c(CC2CCCNC2)c1. The van der Waals surface area contributed by atoms with Crippen LogP contribution in [-0.4, -0.2) is 18.2 Å². The van der Waals surface area contributed by atoms with E-state index in [4.69, 9.17) is 5.11 Å². The summed E-state index contributed by atoms with van der Waals surface area (Å²) < 4.78 is 13.6. The number of rotatable bonds is 3. The minimum atomic E-state index is -0.150. The lowest BCUT2D eigenvalue weighted by molar-refractivity contribution is 0.281. The summed E-state index contributed by atoms with van der Waals surface area (Å²) in [5.41, 5.74) is 1.53. The van der Waals surface area contributed by atoms with E-state index in [1.54, 1.807) is 12.1 Å². The van der Waals surface area contributed by atoms with Crippen molar-refractivity contribution in [3.05, 3.63) is 35.1 Å². The van der Waals surface area contributed by atoms with E-state index in [0.29, 0.717) is 5.92 Å². The zero-order valence-corrected chi connectivity index (χ0v) is 9.38. The van der Waals surface area contributed by atoms with Crippen LogP contribution in [0.4, 0.5) is 4.39 Å². The van der Waals surface area contributed by atoms with Gasteiger partial charge in [-0.05, 0) is 55.5 Å². The summed E-state index contributed by atoms with van der Waals surface area (Å²) >= 11 is 0. The summed E-state index contributed by atoms with van der Waals surface area (Å²) in [6.45, 7) is 2.04. The summed E-state index contributed by atoms with van der Waals surface area (Å²) in [6, 6.07) is 4.87. The third kappa shape index (κ3) is 2.80. The van der Waals surface area contributed by atoms with Gasteiger partial charge in [-0.2, -0.15) is 0 Å². The fourth-order valence-electron chi connectivity index (χ4n) is 2.29. The summed E-state index contributed by atoms with van der Waals surface area (Å²) in [5, 5.41) is 12.4. The Labute approximate surface area is 95.5 Å². The van der Waals surface area contributed by atoms with Crippen LogP contribution in [0.3, 0.4) is 0 Å². The number of hydrogen-bond acceptors (Lipinski definition) is 2. The van der Waals surface area contributed by atoms with Crippen molar-refractivity contribution in [2.24, 2.45) is 5.92 Å². The normalized spacial score (nSPS) is 21.0. The highest BCUT2D eigenvalue weighted by molar-refractivity contribution is 5.25. The first kappa shape index (κ1) is 11.6. The van der Waals surface area contributed by atoms with E-state index >= 15 is 0 Å². The molecule has 2 nitrogen and oxygen atoms in total. The number of nitrogens with one attached hydrogen (secondary N) is 1. The van der Waals surface area contributed by atoms with Crippen LogP contribution in [0.25, 0.3) is 0 Å². The smallest absolute Gasteiger partial charge is 0.126 e. The summed E-state index contributed by atoms with van der Waals surface area (Å²) in [7, 11) is 0. The largest absolute Gasteiger partial charge is 0.392 e. The van der Waals surface area contributed by atoms with Crippen molar-refractivity contribution in [2.75, 3.05) is 13.1 Å². The molecule has 1 atom stereocenters. The van der Waals surface area contributed by atoms with Gasteiger partial charge in [0.05, 0.1) is 6.61 Å². The highest BCUT2D eigenvalue weighted by Crippen LogP contribution is 2.19. The van der Waals surface area contributed by atoms with Gasteiger partial charge in [-0.25, -0.2) is 4.39 Å². The maximum absolute atomic E-state index is 13.6. The Kier molecular flexibility index (Phi) is 3.91. The Morgan fingerprint density at radius 1 is 1.44 bits per heavy atom. The van der Waals surface area contributed by atoms with Gasteiger partial charge in [-0.15, -0.1) is 0 Å². The summed E-state index contributed by atoms with van der Waals surface area (Å²) in [5.74, 6) is 0.375. The number of piperidine rings is 1. The molecular weight excluding hydrogens is 205 g/mol. The minimum absolute atomic E-state index is 0.0177. The number of aliphatic hydroxyl groups is 1. The van der Waals surface area contributed by atoms with Gasteiger partial charge in [0.2, 0.25) is 0 Å². The Hall–Kier alpha value is -0.930. The third-order valence-corrected chi connectivity index (χ3v) is 3.20. The molecule has 2 rings (SSSR count). The second-order valence-electron chi connectivity index (χ2n) is 4.50. The molecule has 0 saturated carbocycles. The second-order valence-corrected chi connectivity index (χ2v) is 4.50. The van der Waals surface area contributed by atoms with Crippen LogP contribution in [0.15, 0.2) is 18.2 Å². The molecule has 3 heteroatoms. The molecule has 0 aliphatic carbocycles. The van der Waals surface area contributed by atoms with Crippen molar-refractivity contribution in [3.63, 3.8) is 0 Å². The van der Waals surface area contributed by atoms with Crippen molar-refractivity contribution in [1.82, 2.24) is 5.32 Å². The molecule has 1 aromatic rings. The van der Waals surface area contributed by atoms with E-state index in [2.05, 4.69) is 5.32 Å². The molecule has 1 aromatic carbocycles. The van der Waals surface area contributed by atoms with Crippen molar-refractivity contribution >= 4 is 0 Å². The number of halogens is 1. The molecular formula is C13H18FNO. The molecule has 0 bridgehead atoms. The van der Waals surface area contributed by atoms with Crippen molar-refractivity contribution in [2.45, 2.75) is 25.9 Å². The Bertz CT molecular complexity index is 348. The molecule has 1 fully saturated rings. The molecule has 16 heavy (non-hydrogen) atoms. The predicted octanol–water partition coefficient (Wildman–Crippen LogP) is 1.86. The first-order valence-electron chi connectivity index (χ1n) is 5.88. The Morgan fingerprint density at radius 2 is 2.31 bits per heavy atom. The first-order valence-corrected chi connectivity index (χ1v) is 5.88. The van der Waals surface area contributed by atoms with Gasteiger partial charge >= 0.3 is 0 Å². The van der Waals surface area contributed by atoms with Crippen LogP contribution in [0.5, 0.6) is 0 Å². The first-order chi connectivity index (χ1) is 7.79. The van der Waals surface area contributed by atoms with Gasteiger partial charge < -0.3 is 10.4 Å². The minimum Gasteiger partial charge on any atom is -0.392 e. The van der Waals surface area contributed by atoms with Gasteiger partial charge in [0.15, 0.2) is 0 Å². The molecule has 0 spiro atoms. The zero-order valence-electron chi connectivity index (χ0n) is 9.38. The predicted molar refractivity (Wildman–Crippen MR) is 61.6 cm³/mol. The Morgan fingerprint density at radius 3 is 3.00 bits per heavy atom. The molecule has 0 amide bonds. The fraction of sp³-hybridized carbons (Fsp3) is 0.538. The van der Waals surface area contributed by atoms with E-state index in [1.807, 2.05) is 0 Å². The van der Waals surface area contributed by atoms with E-state index in [9.17, 15) is 4.39 Å². The highest BCUT2D eigenvalue weighted by Gasteiger charge is 2.15. The summed E-state index contributed by atoms with van der Waals surface area (Å²) in [6.07, 6.45) is 3.11. The van der Waals surface area contributed by atoms with Crippen LogP contribution in [0, 0.1) is 11.7 Å².